The molecule has 0 saturated carbocycles. The summed E-state index contributed by atoms with van der Waals surface area (Å²) >= 11 is 5.90. The van der Waals surface area contributed by atoms with E-state index >= 15 is 0 Å². The van der Waals surface area contributed by atoms with Gasteiger partial charge >= 0.3 is 0 Å². The molecule has 0 aromatic heterocycles. The van der Waals surface area contributed by atoms with Crippen molar-refractivity contribution in [3.8, 4) is 6.07 Å². The summed E-state index contributed by atoms with van der Waals surface area (Å²) in [6.07, 6.45) is 2.20. The van der Waals surface area contributed by atoms with Crippen LogP contribution in [-0.4, -0.2) is 6.54 Å². The topological polar surface area (TPSA) is 61.8 Å². The van der Waals surface area contributed by atoms with Crippen LogP contribution in [0.3, 0.4) is 0 Å². The summed E-state index contributed by atoms with van der Waals surface area (Å²) in [5, 5.41) is 12.4. The molecular weight excluding hydrogens is 210 g/mol. The zero-order valence-corrected chi connectivity index (χ0v) is 9.43. The lowest BCUT2D eigenvalue weighted by atomic mass is 10.2. The van der Waals surface area contributed by atoms with Crippen LogP contribution >= 0.6 is 11.6 Å². The predicted octanol–water partition coefficient (Wildman–Crippen LogP) is 3.01. The number of rotatable bonds is 4. The van der Waals surface area contributed by atoms with Gasteiger partial charge in [-0.15, -0.1) is 0 Å². The standard InChI is InChI=1S/C11H14ClN3/c1-2-3-4-15-11-6-9(12)8(7-13)5-10(11)14/h5-6,15H,2-4,14H2,1H3. The Balaban J connectivity index is 2.82. The molecule has 0 heterocycles. The highest BCUT2D eigenvalue weighted by molar-refractivity contribution is 6.32. The first kappa shape index (κ1) is 11.7. The van der Waals surface area contributed by atoms with Crippen LogP contribution in [0.1, 0.15) is 25.3 Å². The second kappa shape index (κ2) is 5.47. The fourth-order valence-corrected chi connectivity index (χ4v) is 1.43. The number of nitrogens with two attached hydrogens (primary N) is 1. The highest BCUT2D eigenvalue weighted by atomic mass is 35.5. The molecule has 0 atom stereocenters. The third kappa shape index (κ3) is 3.03. The van der Waals surface area contributed by atoms with Crippen LogP contribution in [0.4, 0.5) is 11.4 Å². The third-order valence-electron chi connectivity index (χ3n) is 2.11. The molecule has 0 saturated heterocycles. The van der Waals surface area contributed by atoms with E-state index in [1.807, 2.05) is 6.07 Å². The van der Waals surface area contributed by atoms with Crippen LogP contribution in [0.25, 0.3) is 0 Å². The van der Waals surface area contributed by atoms with Gasteiger partial charge in [-0.05, 0) is 18.6 Å². The predicted molar refractivity (Wildman–Crippen MR) is 64.0 cm³/mol. The lowest BCUT2D eigenvalue weighted by Gasteiger charge is -2.09. The summed E-state index contributed by atoms with van der Waals surface area (Å²) < 4.78 is 0. The number of nitrogens with zero attached hydrogens (tertiary/aromatic N) is 1. The largest absolute Gasteiger partial charge is 0.397 e. The smallest absolute Gasteiger partial charge is 0.101 e. The minimum absolute atomic E-state index is 0.412. The van der Waals surface area contributed by atoms with Gasteiger partial charge in [-0.1, -0.05) is 24.9 Å². The second-order valence-corrected chi connectivity index (χ2v) is 3.72. The average Bonchev–Trinajstić information content (AvgIpc) is 2.23. The first-order chi connectivity index (χ1) is 7.19. The molecule has 0 aliphatic rings. The van der Waals surface area contributed by atoms with E-state index in [0.29, 0.717) is 16.3 Å². The first-order valence-electron chi connectivity index (χ1n) is 4.92. The Labute approximate surface area is 94.8 Å². The van der Waals surface area contributed by atoms with Gasteiger partial charge in [0.2, 0.25) is 0 Å². The van der Waals surface area contributed by atoms with Gasteiger partial charge in [0.15, 0.2) is 0 Å². The lowest BCUT2D eigenvalue weighted by molar-refractivity contribution is 0.834. The SMILES string of the molecule is CCCCNc1cc(Cl)c(C#N)cc1N. The minimum atomic E-state index is 0.412. The number of anilines is 2. The van der Waals surface area contributed by atoms with Crippen molar-refractivity contribution in [3.05, 3.63) is 22.7 Å². The van der Waals surface area contributed by atoms with E-state index in [-0.39, 0.29) is 0 Å². The van der Waals surface area contributed by atoms with Crippen molar-refractivity contribution < 1.29 is 0 Å². The number of nitriles is 1. The van der Waals surface area contributed by atoms with Crippen molar-refractivity contribution in [3.63, 3.8) is 0 Å². The quantitative estimate of drug-likeness (QED) is 0.609. The summed E-state index contributed by atoms with van der Waals surface area (Å²) in [6, 6.07) is 5.28. The van der Waals surface area contributed by atoms with E-state index in [2.05, 4.69) is 12.2 Å². The average molecular weight is 224 g/mol. The maximum atomic E-state index is 8.74. The van der Waals surface area contributed by atoms with E-state index < -0.39 is 0 Å². The van der Waals surface area contributed by atoms with E-state index in [9.17, 15) is 0 Å². The fourth-order valence-electron chi connectivity index (χ4n) is 1.23. The van der Waals surface area contributed by atoms with Crippen molar-refractivity contribution in [2.75, 3.05) is 17.6 Å². The zero-order valence-electron chi connectivity index (χ0n) is 8.68. The molecule has 0 amide bonds. The molecule has 3 nitrogen and oxygen atoms in total. The maximum Gasteiger partial charge on any atom is 0.101 e. The van der Waals surface area contributed by atoms with Gasteiger partial charge in [-0.2, -0.15) is 5.26 Å². The summed E-state index contributed by atoms with van der Waals surface area (Å²) in [7, 11) is 0. The Morgan fingerprint density at radius 2 is 2.27 bits per heavy atom. The van der Waals surface area contributed by atoms with Gasteiger partial charge in [0.05, 0.1) is 22.0 Å². The van der Waals surface area contributed by atoms with Crippen LogP contribution in [0.15, 0.2) is 12.1 Å². The molecule has 0 aliphatic carbocycles. The van der Waals surface area contributed by atoms with Gasteiger partial charge in [-0.25, -0.2) is 0 Å². The van der Waals surface area contributed by atoms with Crippen molar-refractivity contribution in [2.24, 2.45) is 0 Å². The summed E-state index contributed by atoms with van der Waals surface area (Å²) in [5.41, 5.74) is 7.55. The first-order valence-corrected chi connectivity index (χ1v) is 5.29. The monoisotopic (exact) mass is 223 g/mol. The van der Waals surface area contributed by atoms with E-state index in [0.717, 1.165) is 25.1 Å². The molecule has 0 fully saturated rings. The summed E-state index contributed by atoms with van der Waals surface area (Å²) in [6.45, 7) is 2.99. The second-order valence-electron chi connectivity index (χ2n) is 3.31. The number of halogens is 1. The Kier molecular flexibility index (Phi) is 4.26. The van der Waals surface area contributed by atoms with Gasteiger partial charge < -0.3 is 11.1 Å². The number of hydrogen-bond donors (Lipinski definition) is 2. The number of benzene rings is 1. The Morgan fingerprint density at radius 3 is 2.87 bits per heavy atom. The van der Waals surface area contributed by atoms with Crippen LogP contribution in [0.2, 0.25) is 5.02 Å². The zero-order chi connectivity index (χ0) is 11.3. The highest BCUT2D eigenvalue weighted by Gasteiger charge is 2.05. The van der Waals surface area contributed by atoms with E-state index in [1.165, 1.54) is 0 Å². The Morgan fingerprint density at radius 1 is 1.53 bits per heavy atom. The van der Waals surface area contributed by atoms with Gasteiger partial charge in [0.1, 0.15) is 6.07 Å². The van der Waals surface area contributed by atoms with Crippen molar-refractivity contribution in [2.45, 2.75) is 19.8 Å². The number of nitrogen functional groups attached to an aromatic ring is 1. The van der Waals surface area contributed by atoms with Crippen LogP contribution in [0.5, 0.6) is 0 Å². The molecule has 1 aromatic rings. The van der Waals surface area contributed by atoms with Crippen molar-refractivity contribution in [1.29, 1.82) is 5.26 Å². The van der Waals surface area contributed by atoms with E-state index in [4.69, 9.17) is 22.6 Å². The molecular formula is C11H14ClN3. The lowest BCUT2D eigenvalue weighted by Crippen LogP contribution is -2.04. The molecule has 0 radical (unpaired) electrons. The van der Waals surface area contributed by atoms with Gasteiger partial charge in [0.25, 0.3) is 0 Å². The molecule has 0 spiro atoms. The molecule has 80 valence electrons. The van der Waals surface area contributed by atoms with Crippen LogP contribution < -0.4 is 11.1 Å². The van der Waals surface area contributed by atoms with Gasteiger partial charge in [-0.3, -0.25) is 0 Å². The van der Waals surface area contributed by atoms with Crippen molar-refractivity contribution >= 4 is 23.0 Å². The Hall–Kier alpha value is -1.40. The number of hydrogen-bond acceptors (Lipinski definition) is 3. The van der Waals surface area contributed by atoms with Crippen LogP contribution in [0, 0.1) is 11.3 Å². The normalized spacial score (nSPS) is 9.67. The maximum absolute atomic E-state index is 8.74. The summed E-state index contributed by atoms with van der Waals surface area (Å²) in [5.74, 6) is 0. The fraction of sp³-hybridized carbons (Fsp3) is 0.364. The molecule has 0 unspecified atom stereocenters. The molecule has 4 heteroatoms. The van der Waals surface area contributed by atoms with Crippen molar-refractivity contribution in [1.82, 2.24) is 0 Å². The summed E-state index contributed by atoms with van der Waals surface area (Å²) in [4.78, 5) is 0. The molecule has 15 heavy (non-hydrogen) atoms. The van der Waals surface area contributed by atoms with Gasteiger partial charge in [0, 0.05) is 6.54 Å². The van der Waals surface area contributed by atoms with Crippen LogP contribution in [-0.2, 0) is 0 Å². The Bertz CT molecular complexity index is 382. The molecule has 0 bridgehead atoms. The molecule has 3 N–H and O–H groups in total. The third-order valence-corrected chi connectivity index (χ3v) is 2.42. The molecule has 0 aliphatic heterocycles. The minimum Gasteiger partial charge on any atom is -0.397 e. The van der Waals surface area contributed by atoms with E-state index in [1.54, 1.807) is 12.1 Å². The molecule has 1 rings (SSSR count). The number of unbranched alkanes of at least 4 members (excludes halogenated alkanes) is 1. The number of nitrogens with one attached hydrogen (secondary N) is 1. The molecule has 1 aromatic carbocycles. The highest BCUT2D eigenvalue weighted by Crippen LogP contribution is 2.26.